The average Bonchev–Trinajstić information content (AvgIpc) is 3.57. The highest BCUT2D eigenvalue weighted by Crippen LogP contribution is 2.47. The molecule has 4 rings (SSSR count). The van der Waals surface area contributed by atoms with Crippen LogP contribution in [-0.2, 0) is 10.8 Å². The second-order valence-electron chi connectivity index (χ2n) is 19.6. The maximum absolute atomic E-state index is 7.01. The Morgan fingerprint density at radius 1 is 0.895 bits per heavy atom. The largest absolute Gasteiger partial charge is 0.470 e. The van der Waals surface area contributed by atoms with Crippen molar-refractivity contribution in [3.05, 3.63) is 131 Å². The summed E-state index contributed by atoms with van der Waals surface area (Å²) in [6.45, 7) is 38.9. The van der Waals surface area contributed by atoms with Gasteiger partial charge in [-0.2, -0.15) is 0 Å². The number of aryl methyl sites for hydroxylation is 1. The van der Waals surface area contributed by atoms with E-state index in [1.807, 2.05) is 12.2 Å². The number of hydrogen-bond acceptors (Lipinski definition) is 3. The Labute approximate surface area is 348 Å². The summed E-state index contributed by atoms with van der Waals surface area (Å²) in [4.78, 5) is 0. The number of rotatable bonds is 16. The second kappa shape index (κ2) is 18.6. The van der Waals surface area contributed by atoms with Crippen LogP contribution in [0.25, 0.3) is 11.0 Å². The molecular weight excluding hydrogens is 691 g/mol. The normalized spacial score (nSPS) is 16.8. The van der Waals surface area contributed by atoms with E-state index >= 15 is 0 Å². The van der Waals surface area contributed by atoms with E-state index in [2.05, 4.69) is 194 Å². The van der Waals surface area contributed by atoms with Crippen LogP contribution in [0.15, 0.2) is 118 Å². The molecule has 1 heterocycles. The van der Waals surface area contributed by atoms with E-state index in [0.29, 0.717) is 6.54 Å². The maximum Gasteiger partial charge on any atom is 0.285 e. The number of allylic oxidation sites excluding steroid dienone is 10. The molecule has 0 amide bonds. The first-order valence-electron chi connectivity index (χ1n) is 21.6. The summed E-state index contributed by atoms with van der Waals surface area (Å²) < 4.78 is 7.01. The van der Waals surface area contributed by atoms with E-state index < -0.39 is 0 Å². The zero-order valence-corrected chi connectivity index (χ0v) is 38.5. The van der Waals surface area contributed by atoms with Crippen LogP contribution in [-0.4, -0.2) is 13.3 Å². The van der Waals surface area contributed by atoms with Crippen molar-refractivity contribution in [1.82, 2.24) is 0 Å². The van der Waals surface area contributed by atoms with Crippen LogP contribution < -0.4 is 21.8 Å². The van der Waals surface area contributed by atoms with E-state index in [1.54, 1.807) is 0 Å². The molecule has 0 saturated carbocycles. The number of nitrogens with one attached hydrogen (secondary N) is 2. The molecule has 1 aromatic heterocycles. The van der Waals surface area contributed by atoms with Crippen LogP contribution >= 0.6 is 0 Å². The SMILES string of the molecule is C=C/C=C\C=C\B(c1cc2cc3c(cc2o1)C(C)(C)CCC3(C)C)c1c(NC/C=C\C(CC)=C(/C)C(C)(C)CC)cc(C)cc1NC(=C/C)/C(C)=C\CC(C)(C)C. The van der Waals surface area contributed by atoms with Gasteiger partial charge in [-0.15, -0.1) is 5.98 Å². The number of anilines is 2. The summed E-state index contributed by atoms with van der Waals surface area (Å²) in [7, 11) is 0. The van der Waals surface area contributed by atoms with Gasteiger partial charge in [0.05, 0.1) is 5.66 Å². The van der Waals surface area contributed by atoms with Gasteiger partial charge in [0.25, 0.3) is 6.71 Å². The van der Waals surface area contributed by atoms with Gasteiger partial charge in [-0.25, -0.2) is 0 Å². The lowest BCUT2D eigenvalue weighted by molar-refractivity contribution is 0.332. The molecule has 3 aromatic rings. The highest BCUT2D eigenvalue weighted by atomic mass is 16.3. The highest BCUT2D eigenvalue weighted by molar-refractivity contribution is 6.90. The molecular formula is C53H75BN2O. The minimum atomic E-state index is -0.185. The minimum Gasteiger partial charge on any atom is -0.470 e. The lowest BCUT2D eigenvalue weighted by Gasteiger charge is -2.41. The van der Waals surface area contributed by atoms with Crippen LogP contribution in [0.2, 0.25) is 0 Å². The van der Waals surface area contributed by atoms with Crippen molar-refractivity contribution in [3.63, 3.8) is 0 Å². The number of furan rings is 1. The van der Waals surface area contributed by atoms with Gasteiger partial charge in [-0.05, 0) is 145 Å². The van der Waals surface area contributed by atoms with Crippen molar-refractivity contribution in [2.24, 2.45) is 10.8 Å². The van der Waals surface area contributed by atoms with E-state index in [-0.39, 0.29) is 28.4 Å². The molecule has 0 aliphatic heterocycles. The third kappa shape index (κ3) is 11.3. The number of fused-ring (bicyclic) bond motifs is 2. The standard InChI is InChI=1S/C53H75BN2O/c1-17-21-22-23-30-54(48-35-41-34-42-43(36-47(41)57-48)53(15,16)29-28-52(42,13)14)49-45(55-31-24-25-40(18-2)39(7)51(11,12)20-4)32-37(5)33-46(49)56-44(19-3)38(6)26-27-50(8,9)10/h17,19,21-26,30,32-36,55-56H,1,18,20,27-29,31H2,2-16H3/b22-21-,25-24-,30-23+,38-26-,40-39+,44-19+. The molecule has 1 aliphatic carbocycles. The summed E-state index contributed by atoms with van der Waals surface area (Å²) in [5.41, 5.74) is 15.0. The van der Waals surface area contributed by atoms with Gasteiger partial charge in [0.1, 0.15) is 5.58 Å². The zero-order valence-electron chi connectivity index (χ0n) is 38.5. The number of benzene rings is 2. The van der Waals surface area contributed by atoms with Crippen molar-refractivity contribution in [1.29, 1.82) is 0 Å². The number of hydrogen-bond donors (Lipinski definition) is 2. The summed E-state index contributed by atoms with van der Waals surface area (Å²) in [6.07, 6.45) is 22.6. The third-order valence-corrected chi connectivity index (χ3v) is 12.6. The first-order valence-corrected chi connectivity index (χ1v) is 21.6. The van der Waals surface area contributed by atoms with E-state index in [4.69, 9.17) is 4.42 Å². The zero-order chi connectivity index (χ0) is 42.3. The monoisotopic (exact) mass is 767 g/mol. The van der Waals surface area contributed by atoms with E-state index in [1.165, 1.54) is 39.8 Å². The topological polar surface area (TPSA) is 37.2 Å². The highest BCUT2D eigenvalue weighted by Gasteiger charge is 2.38. The van der Waals surface area contributed by atoms with Crippen LogP contribution in [0, 0.1) is 17.8 Å². The first-order chi connectivity index (χ1) is 26.7. The molecule has 0 fully saturated rings. The van der Waals surface area contributed by atoms with Gasteiger partial charge in [0, 0.05) is 29.0 Å². The molecule has 0 radical (unpaired) electrons. The van der Waals surface area contributed by atoms with Gasteiger partial charge in [-0.1, -0.05) is 137 Å². The van der Waals surface area contributed by atoms with Crippen molar-refractivity contribution >= 4 is 40.2 Å². The predicted octanol–water partition coefficient (Wildman–Crippen LogP) is 14.4. The van der Waals surface area contributed by atoms with E-state index in [0.717, 1.165) is 64.8 Å². The van der Waals surface area contributed by atoms with Gasteiger partial charge >= 0.3 is 0 Å². The molecule has 1 aliphatic rings. The fourth-order valence-corrected chi connectivity index (χ4v) is 8.00. The molecule has 0 spiro atoms. The predicted molar refractivity (Wildman–Crippen MR) is 256 cm³/mol. The fraction of sp³-hybridized carbons (Fsp3) is 0.472. The lowest BCUT2D eigenvalue weighted by atomic mass is 9.42. The van der Waals surface area contributed by atoms with Gasteiger partial charge in [0.2, 0.25) is 0 Å². The molecule has 57 heavy (non-hydrogen) atoms. The van der Waals surface area contributed by atoms with Crippen molar-refractivity contribution in [2.45, 2.75) is 147 Å². The summed E-state index contributed by atoms with van der Waals surface area (Å²) in [6, 6.07) is 11.6. The lowest BCUT2D eigenvalue weighted by Crippen LogP contribution is -2.43. The van der Waals surface area contributed by atoms with Crippen molar-refractivity contribution < 1.29 is 4.42 Å². The molecule has 0 bridgehead atoms. The second-order valence-corrected chi connectivity index (χ2v) is 19.6. The van der Waals surface area contributed by atoms with Crippen LogP contribution in [0.3, 0.4) is 0 Å². The maximum atomic E-state index is 7.01. The van der Waals surface area contributed by atoms with Crippen molar-refractivity contribution in [2.75, 3.05) is 17.2 Å². The summed E-state index contributed by atoms with van der Waals surface area (Å²) in [5.74, 6) is 2.27. The quantitative estimate of drug-likeness (QED) is 0.113. The van der Waals surface area contributed by atoms with Crippen molar-refractivity contribution in [3.8, 4) is 0 Å². The Balaban J connectivity index is 1.95. The molecule has 2 N–H and O–H groups in total. The van der Waals surface area contributed by atoms with Gasteiger partial charge < -0.3 is 15.1 Å². The smallest absolute Gasteiger partial charge is 0.285 e. The van der Waals surface area contributed by atoms with Crippen LogP contribution in [0.5, 0.6) is 0 Å². The Morgan fingerprint density at radius 3 is 2.14 bits per heavy atom. The van der Waals surface area contributed by atoms with E-state index in [9.17, 15) is 0 Å². The molecule has 0 saturated heterocycles. The van der Waals surface area contributed by atoms with Gasteiger partial charge in [-0.3, -0.25) is 0 Å². The molecule has 306 valence electrons. The van der Waals surface area contributed by atoms with Gasteiger partial charge in [0.15, 0.2) is 0 Å². The fourth-order valence-electron chi connectivity index (χ4n) is 8.00. The van der Waals surface area contributed by atoms with Crippen LogP contribution in [0.1, 0.15) is 146 Å². The molecule has 0 atom stereocenters. The molecule has 4 heteroatoms. The first kappa shape index (κ1) is 45.5. The Bertz CT molecular complexity index is 2030. The summed E-state index contributed by atoms with van der Waals surface area (Å²) in [5, 5.41) is 8.99. The average molecular weight is 767 g/mol. The molecule has 3 nitrogen and oxygen atoms in total. The summed E-state index contributed by atoms with van der Waals surface area (Å²) >= 11 is 0. The van der Waals surface area contributed by atoms with Crippen LogP contribution in [0.4, 0.5) is 11.4 Å². The Kier molecular flexibility index (Phi) is 14.9. The Hall–Kier alpha value is -4.18. The third-order valence-electron chi connectivity index (χ3n) is 12.6. The Morgan fingerprint density at radius 2 is 1.54 bits per heavy atom. The molecule has 0 unspecified atom stereocenters. The minimum absolute atomic E-state index is 0.0956. The molecule has 2 aromatic carbocycles.